The van der Waals surface area contributed by atoms with Crippen LogP contribution >= 0.6 is 0 Å². The molecule has 0 aliphatic heterocycles. The zero-order chi connectivity index (χ0) is 12.2. The molecule has 0 bridgehead atoms. The van der Waals surface area contributed by atoms with Crippen LogP contribution in [0.3, 0.4) is 0 Å². The van der Waals surface area contributed by atoms with Crippen LogP contribution in [0.5, 0.6) is 0 Å². The van der Waals surface area contributed by atoms with Gasteiger partial charge < -0.3 is 5.11 Å². The van der Waals surface area contributed by atoms with Gasteiger partial charge in [0.1, 0.15) is 0 Å². The second-order valence-electron chi connectivity index (χ2n) is 2.30. The Labute approximate surface area is 81.0 Å². The number of carboxylic acid groups (broad SMARTS) is 1. The standard InChI is InChI=1S/C6HF5.C2H4O2/c7-2-1-3(8)5(10)6(11)4(2)9;1-2(3)4/h1H;1H3,(H,3,4). The van der Waals surface area contributed by atoms with E-state index in [1.54, 1.807) is 0 Å². The largest absolute Gasteiger partial charge is 0.481 e. The molecule has 15 heavy (non-hydrogen) atoms. The molecule has 0 aromatic heterocycles. The molecule has 0 amide bonds. The summed E-state index contributed by atoms with van der Waals surface area (Å²) in [6.45, 7) is 1.08. The quantitative estimate of drug-likeness (QED) is 0.420. The Kier molecular flexibility index (Phi) is 4.69. The molecule has 7 heteroatoms. The Balaban J connectivity index is 0.000000423. The Morgan fingerprint density at radius 2 is 1.27 bits per heavy atom. The van der Waals surface area contributed by atoms with Gasteiger partial charge in [0.15, 0.2) is 23.3 Å². The summed E-state index contributed by atoms with van der Waals surface area (Å²) in [5, 5.41) is 7.42. The molecule has 0 saturated heterocycles. The first-order valence-corrected chi connectivity index (χ1v) is 3.45. The van der Waals surface area contributed by atoms with E-state index in [1.807, 2.05) is 0 Å². The highest BCUT2D eigenvalue weighted by Crippen LogP contribution is 2.16. The minimum absolute atomic E-state index is 0.0618. The Morgan fingerprint density at radius 1 is 1.00 bits per heavy atom. The molecule has 0 spiro atoms. The van der Waals surface area contributed by atoms with E-state index in [1.165, 1.54) is 0 Å². The summed E-state index contributed by atoms with van der Waals surface area (Å²) in [6, 6.07) is -0.0618. The Hall–Kier alpha value is -1.66. The van der Waals surface area contributed by atoms with E-state index in [-0.39, 0.29) is 6.07 Å². The van der Waals surface area contributed by atoms with Gasteiger partial charge in [0.05, 0.1) is 0 Å². The van der Waals surface area contributed by atoms with Crippen molar-refractivity contribution in [3.63, 3.8) is 0 Å². The fourth-order valence-corrected chi connectivity index (χ4v) is 0.544. The number of aliphatic carboxylic acids is 1. The summed E-state index contributed by atoms with van der Waals surface area (Å²) in [5.74, 6) is -10.5. The topological polar surface area (TPSA) is 37.3 Å². The molecule has 0 fully saturated rings. The first-order valence-electron chi connectivity index (χ1n) is 3.45. The van der Waals surface area contributed by atoms with Gasteiger partial charge in [-0.15, -0.1) is 0 Å². The molecule has 0 aliphatic rings. The molecular weight excluding hydrogens is 223 g/mol. The minimum Gasteiger partial charge on any atom is -0.481 e. The normalized spacial score (nSPS) is 9.20. The van der Waals surface area contributed by atoms with Crippen LogP contribution in [0.2, 0.25) is 0 Å². The SMILES string of the molecule is CC(=O)O.Fc1cc(F)c(F)c(F)c1F. The maximum atomic E-state index is 12.0. The van der Waals surface area contributed by atoms with E-state index in [4.69, 9.17) is 9.90 Å². The zero-order valence-electron chi connectivity index (χ0n) is 7.32. The molecule has 84 valence electrons. The van der Waals surface area contributed by atoms with Gasteiger partial charge in [-0.1, -0.05) is 0 Å². The molecule has 0 radical (unpaired) electrons. The van der Waals surface area contributed by atoms with Crippen molar-refractivity contribution in [2.45, 2.75) is 6.92 Å². The highest BCUT2D eigenvalue weighted by atomic mass is 19.2. The van der Waals surface area contributed by atoms with Crippen molar-refractivity contribution in [2.75, 3.05) is 0 Å². The molecular formula is C8H5F5O2. The molecule has 1 aromatic carbocycles. The molecule has 1 rings (SSSR count). The van der Waals surface area contributed by atoms with E-state index in [0.717, 1.165) is 6.92 Å². The maximum Gasteiger partial charge on any atom is 0.300 e. The molecule has 0 unspecified atom stereocenters. The summed E-state index contributed by atoms with van der Waals surface area (Å²) >= 11 is 0. The van der Waals surface area contributed by atoms with Crippen LogP contribution in [0.4, 0.5) is 22.0 Å². The molecule has 1 aromatic rings. The van der Waals surface area contributed by atoms with Crippen molar-refractivity contribution in [3.05, 3.63) is 35.2 Å². The molecule has 0 atom stereocenters. The summed E-state index contributed by atoms with van der Waals surface area (Å²) in [7, 11) is 0. The smallest absolute Gasteiger partial charge is 0.300 e. The van der Waals surface area contributed by atoms with Gasteiger partial charge in [0, 0.05) is 13.0 Å². The average Bonchev–Trinajstić information content (AvgIpc) is 2.11. The van der Waals surface area contributed by atoms with Crippen LogP contribution in [-0.4, -0.2) is 11.1 Å². The molecule has 0 saturated carbocycles. The van der Waals surface area contributed by atoms with Crippen LogP contribution in [-0.2, 0) is 4.79 Å². The minimum atomic E-state index is -2.14. The van der Waals surface area contributed by atoms with Crippen LogP contribution in [0.15, 0.2) is 6.07 Å². The summed E-state index contributed by atoms with van der Waals surface area (Å²) in [6.07, 6.45) is 0. The summed E-state index contributed by atoms with van der Waals surface area (Å²) in [4.78, 5) is 9.00. The summed E-state index contributed by atoms with van der Waals surface area (Å²) < 4.78 is 60.0. The average molecular weight is 228 g/mol. The summed E-state index contributed by atoms with van der Waals surface area (Å²) in [5.41, 5.74) is 0. The lowest BCUT2D eigenvalue weighted by molar-refractivity contribution is -0.134. The predicted molar refractivity (Wildman–Crippen MR) is 39.5 cm³/mol. The second-order valence-corrected chi connectivity index (χ2v) is 2.30. The highest BCUT2D eigenvalue weighted by molar-refractivity contribution is 5.62. The lowest BCUT2D eigenvalue weighted by atomic mass is 10.3. The molecule has 0 aliphatic carbocycles. The van der Waals surface area contributed by atoms with Gasteiger partial charge in [0.2, 0.25) is 5.82 Å². The first kappa shape index (κ1) is 13.3. The second kappa shape index (κ2) is 5.28. The van der Waals surface area contributed by atoms with Gasteiger partial charge >= 0.3 is 0 Å². The molecule has 2 nitrogen and oxygen atoms in total. The van der Waals surface area contributed by atoms with Gasteiger partial charge in [-0.05, 0) is 0 Å². The lowest BCUT2D eigenvalue weighted by Crippen LogP contribution is -1.98. The Bertz CT molecular complexity index is 348. The fraction of sp³-hybridized carbons (Fsp3) is 0.125. The Morgan fingerprint density at radius 3 is 1.53 bits per heavy atom. The van der Waals surface area contributed by atoms with Crippen LogP contribution < -0.4 is 0 Å². The maximum absolute atomic E-state index is 12.0. The van der Waals surface area contributed by atoms with Gasteiger partial charge in [-0.3, -0.25) is 4.79 Å². The van der Waals surface area contributed by atoms with Crippen molar-refractivity contribution in [3.8, 4) is 0 Å². The van der Waals surface area contributed by atoms with Crippen LogP contribution in [0.1, 0.15) is 6.92 Å². The number of carbonyl (C=O) groups is 1. The van der Waals surface area contributed by atoms with E-state index in [9.17, 15) is 22.0 Å². The monoisotopic (exact) mass is 228 g/mol. The van der Waals surface area contributed by atoms with Gasteiger partial charge in [-0.2, -0.15) is 0 Å². The molecule has 1 N–H and O–H groups in total. The van der Waals surface area contributed by atoms with Crippen LogP contribution in [0.25, 0.3) is 0 Å². The van der Waals surface area contributed by atoms with E-state index in [2.05, 4.69) is 0 Å². The number of hydrogen-bond acceptors (Lipinski definition) is 1. The predicted octanol–water partition coefficient (Wildman–Crippen LogP) is 2.47. The molecule has 0 heterocycles. The third-order valence-electron chi connectivity index (χ3n) is 1.06. The highest BCUT2D eigenvalue weighted by Gasteiger charge is 2.18. The van der Waals surface area contributed by atoms with Gasteiger partial charge in [-0.25, -0.2) is 22.0 Å². The fourth-order valence-electron chi connectivity index (χ4n) is 0.544. The van der Waals surface area contributed by atoms with Crippen molar-refractivity contribution in [1.82, 2.24) is 0 Å². The zero-order valence-corrected chi connectivity index (χ0v) is 7.32. The first-order chi connectivity index (χ1) is 6.77. The van der Waals surface area contributed by atoms with E-state index < -0.39 is 35.1 Å². The number of halogens is 5. The lowest BCUT2D eigenvalue weighted by Gasteiger charge is -1.96. The third kappa shape index (κ3) is 3.92. The van der Waals surface area contributed by atoms with Crippen molar-refractivity contribution >= 4 is 5.97 Å². The van der Waals surface area contributed by atoms with E-state index >= 15 is 0 Å². The van der Waals surface area contributed by atoms with Crippen molar-refractivity contribution in [2.24, 2.45) is 0 Å². The van der Waals surface area contributed by atoms with Crippen molar-refractivity contribution < 1.29 is 31.9 Å². The number of hydrogen-bond donors (Lipinski definition) is 1. The number of benzene rings is 1. The number of carboxylic acids is 1. The van der Waals surface area contributed by atoms with Crippen molar-refractivity contribution in [1.29, 1.82) is 0 Å². The number of rotatable bonds is 0. The van der Waals surface area contributed by atoms with E-state index in [0.29, 0.717) is 0 Å². The van der Waals surface area contributed by atoms with Gasteiger partial charge in [0.25, 0.3) is 5.97 Å². The third-order valence-corrected chi connectivity index (χ3v) is 1.06. The van der Waals surface area contributed by atoms with Crippen LogP contribution in [0, 0.1) is 29.1 Å².